The Morgan fingerprint density at radius 2 is 2.45 bits per heavy atom. The van der Waals surface area contributed by atoms with Crippen molar-refractivity contribution in [3.8, 4) is 6.07 Å². The molecule has 0 aliphatic heterocycles. The molecule has 0 atom stereocenters. The monoisotopic (exact) mass is 151 g/mol. The fraction of sp³-hybridized carbons (Fsp3) is 0.143. The molecule has 1 aromatic rings. The van der Waals surface area contributed by atoms with Gasteiger partial charge in [-0.3, -0.25) is 4.98 Å². The summed E-state index contributed by atoms with van der Waals surface area (Å²) < 4.78 is 12.1. The van der Waals surface area contributed by atoms with Crippen LogP contribution in [-0.4, -0.2) is 4.98 Å². The summed E-state index contributed by atoms with van der Waals surface area (Å²) in [5.74, 6) is 0. The molecule has 56 valence electrons. The summed E-state index contributed by atoms with van der Waals surface area (Å²) in [7, 11) is 0. The SMILES string of the molecule is N#Cc1ccnc(CF)c1N. The molecular formula is C7H6FN3. The molecule has 0 radical (unpaired) electrons. The van der Waals surface area contributed by atoms with Gasteiger partial charge in [0.25, 0.3) is 0 Å². The van der Waals surface area contributed by atoms with Crippen molar-refractivity contribution in [2.24, 2.45) is 0 Å². The molecule has 2 N–H and O–H groups in total. The molecule has 0 aliphatic rings. The van der Waals surface area contributed by atoms with Gasteiger partial charge >= 0.3 is 0 Å². The van der Waals surface area contributed by atoms with Crippen LogP contribution in [0.3, 0.4) is 0 Å². The Labute approximate surface area is 63.3 Å². The lowest BCUT2D eigenvalue weighted by atomic mass is 10.2. The minimum atomic E-state index is -0.735. The average Bonchev–Trinajstić information content (AvgIpc) is 2.05. The van der Waals surface area contributed by atoms with E-state index in [0.717, 1.165) is 0 Å². The van der Waals surface area contributed by atoms with Gasteiger partial charge in [0.05, 0.1) is 16.9 Å². The van der Waals surface area contributed by atoms with Gasteiger partial charge in [0.2, 0.25) is 0 Å². The molecule has 0 aliphatic carbocycles. The van der Waals surface area contributed by atoms with Crippen molar-refractivity contribution in [1.29, 1.82) is 5.26 Å². The Balaban J connectivity index is 3.23. The van der Waals surface area contributed by atoms with E-state index in [-0.39, 0.29) is 16.9 Å². The van der Waals surface area contributed by atoms with E-state index in [1.165, 1.54) is 12.3 Å². The quantitative estimate of drug-likeness (QED) is 0.651. The minimum absolute atomic E-state index is 0.129. The van der Waals surface area contributed by atoms with Crippen LogP contribution in [0.5, 0.6) is 0 Å². The van der Waals surface area contributed by atoms with E-state index >= 15 is 0 Å². The Morgan fingerprint density at radius 3 is 3.00 bits per heavy atom. The van der Waals surface area contributed by atoms with Crippen molar-refractivity contribution in [2.75, 3.05) is 5.73 Å². The van der Waals surface area contributed by atoms with Crippen LogP contribution in [-0.2, 0) is 6.67 Å². The first-order valence-electron chi connectivity index (χ1n) is 2.99. The van der Waals surface area contributed by atoms with E-state index in [2.05, 4.69) is 4.98 Å². The standard InChI is InChI=1S/C7H6FN3/c8-3-6-7(10)5(4-9)1-2-11-6/h1-2H,3,10H2. The third-order valence-corrected chi connectivity index (χ3v) is 1.32. The van der Waals surface area contributed by atoms with Crippen molar-refractivity contribution in [3.63, 3.8) is 0 Å². The molecule has 1 rings (SSSR count). The average molecular weight is 151 g/mol. The van der Waals surface area contributed by atoms with Crippen molar-refractivity contribution < 1.29 is 4.39 Å². The first kappa shape index (κ1) is 7.48. The van der Waals surface area contributed by atoms with E-state index in [4.69, 9.17) is 11.0 Å². The van der Waals surface area contributed by atoms with Gasteiger partial charge in [-0.25, -0.2) is 4.39 Å². The van der Waals surface area contributed by atoms with Crippen molar-refractivity contribution in [1.82, 2.24) is 4.98 Å². The number of hydrogen-bond acceptors (Lipinski definition) is 3. The third-order valence-electron chi connectivity index (χ3n) is 1.32. The maximum Gasteiger partial charge on any atom is 0.134 e. The zero-order valence-corrected chi connectivity index (χ0v) is 5.71. The number of hydrogen-bond donors (Lipinski definition) is 1. The number of nitriles is 1. The molecule has 1 heterocycles. The zero-order valence-electron chi connectivity index (χ0n) is 5.71. The van der Waals surface area contributed by atoms with Gasteiger partial charge in [0.1, 0.15) is 12.7 Å². The highest BCUT2D eigenvalue weighted by molar-refractivity contribution is 5.56. The number of nitrogens with zero attached hydrogens (tertiary/aromatic N) is 2. The predicted molar refractivity (Wildman–Crippen MR) is 38.2 cm³/mol. The Morgan fingerprint density at radius 1 is 1.73 bits per heavy atom. The second kappa shape index (κ2) is 2.97. The maximum absolute atomic E-state index is 12.1. The van der Waals surface area contributed by atoms with E-state index in [1.807, 2.05) is 6.07 Å². The van der Waals surface area contributed by atoms with E-state index in [1.54, 1.807) is 0 Å². The molecule has 0 bridgehead atoms. The minimum Gasteiger partial charge on any atom is -0.396 e. The number of nitrogens with two attached hydrogens (primary N) is 1. The topological polar surface area (TPSA) is 62.7 Å². The summed E-state index contributed by atoms with van der Waals surface area (Å²) in [6, 6.07) is 3.29. The highest BCUT2D eigenvalue weighted by atomic mass is 19.1. The van der Waals surface area contributed by atoms with Crippen LogP contribution in [0, 0.1) is 11.3 Å². The number of anilines is 1. The summed E-state index contributed by atoms with van der Waals surface area (Å²) in [4.78, 5) is 3.65. The van der Waals surface area contributed by atoms with Gasteiger partial charge in [0.15, 0.2) is 0 Å². The predicted octanol–water partition coefficient (Wildman–Crippen LogP) is 1.00. The lowest BCUT2D eigenvalue weighted by molar-refractivity contribution is 0.477. The van der Waals surface area contributed by atoms with Crippen LogP contribution >= 0.6 is 0 Å². The molecular weight excluding hydrogens is 145 g/mol. The zero-order chi connectivity index (χ0) is 8.27. The molecule has 0 aromatic carbocycles. The highest BCUT2D eigenvalue weighted by Crippen LogP contribution is 2.14. The first-order valence-corrected chi connectivity index (χ1v) is 2.99. The maximum atomic E-state index is 12.1. The molecule has 1 aromatic heterocycles. The van der Waals surface area contributed by atoms with Gasteiger partial charge in [-0.1, -0.05) is 0 Å². The second-order valence-electron chi connectivity index (χ2n) is 1.96. The van der Waals surface area contributed by atoms with Crippen molar-refractivity contribution in [3.05, 3.63) is 23.5 Å². The molecule has 4 heteroatoms. The van der Waals surface area contributed by atoms with E-state index < -0.39 is 6.67 Å². The smallest absolute Gasteiger partial charge is 0.134 e. The number of aromatic nitrogens is 1. The Bertz CT molecular complexity index is 303. The van der Waals surface area contributed by atoms with Crippen LogP contribution in [0.1, 0.15) is 11.3 Å². The fourth-order valence-electron chi connectivity index (χ4n) is 0.721. The van der Waals surface area contributed by atoms with Gasteiger partial charge in [-0.15, -0.1) is 0 Å². The fourth-order valence-corrected chi connectivity index (χ4v) is 0.721. The van der Waals surface area contributed by atoms with Gasteiger partial charge in [0, 0.05) is 6.20 Å². The summed E-state index contributed by atoms with van der Waals surface area (Å²) in [6.45, 7) is -0.735. The lowest BCUT2D eigenvalue weighted by Crippen LogP contribution is -1.98. The van der Waals surface area contributed by atoms with Gasteiger partial charge in [-0.05, 0) is 6.07 Å². The van der Waals surface area contributed by atoms with Crippen LogP contribution in [0.2, 0.25) is 0 Å². The largest absolute Gasteiger partial charge is 0.396 e. The number of pyridine rings is 1. The molecule has 11 heavy (non-hydrogen) atoms. The lowest BCUT2D eigenvalue weighted by Gasteiger charge is -1.99. The molecule has 0 saturated heterocycles. The summed E-state index contributed by atoms with van der Waals surface area (Å²) in [5.41, 5.74) is 5.92. The molecule has 3 nitrogen and oxygen atoms in total. The van der Waals surface area contributed by atoms with E-state index in [9.17, 15) is 4.39 Å². The van der Waals surface area contributed by atoms with Crippen LogP contribution in [0.25, 0.3) is 0 Å². The number of alkyl halides is 1. The summed E-state index contributed by atoms with van der Waals surface area (Å²) in [6.07, 6.45) is 1.36. The molecule has 0 spiro atoms. The van der Waals surface area contributed by atoms with Crippen LogP contribution < -0.4 is 5.73 Å². The van der Waals surface area contributed by atoms with Gasteiger partial charge in [-0.2, -0.15) is 5.26 Å². The van der Waals surface area contributed by atoms with Crippen molar-refractivity contribution in [2.45, 2.75) is 6.67 Å². The van der Waals surface area contributed by atoms with Crippen LogP contribution in [0.4, 0.5) is 10.1 Å². The molecule has 0 unspecified atom stereocenters. The van der Waals surface area contributed by atoms with Crippen LogP contribution in [0.15, 0.2) is 12.3 Å². The molecule has 0 amide bonds. The van der Waals surface area contributed by atoms with E-state index in [0.29, 0.717) is 0 Å². The Kier molecular flexibility index (Phi) is 2.02. The molecule has 0 fully saturated rings. The van der Waals surface area contributed by atoms with Crippen molar-refractivity contribution >= 4 is 5.69 Å². The second-order valence-corrected chi connectivity index (χ2v) is 1.96. The third kappa shape index (κ3) is 1.27. The first-order chi connectivity index (χ1) is 5.29. The Hall–Kier alpha value is -1.63. The summed E-state index contributed by atoms with van der Waals surface area (Å²) in [5, 5.41) is 8.46. The summed E-state index contributed by atoms with van der Waals surface area (Å²) >= 11 is 0. The number of nitrogen functional groups attached to an aromatic ring is 1. The van der Waals surface area contributed by atoms with Gasteiger partial charge < -0.3 is 5.73 Å². The molecule has 0 saturated carbocycles. The number of rotatable bonds is 1. The highest BCUT2D eigenvalue weighted by Gasteiger charge is 2.03. The number of halogens is 1. The normalized spacial score (nSPS) is 9.09.